The highest BCUT2D eigenvalue weighted by atomic mass is 16.2. The molecule has 2 aromatic rings. The summed E-state index contributed by atoms with van der Waals surface area (Å²) in [5.41, 5.74) is 0.0984. The van der Waals surface area contributed by atoms with Crippen LogP contribution in [-0.4, -0.2) is 39.4 Å². The Morgan fingerprint density at radius 3 is 2.71 bits per heavy atom. The summed E-state index contributed by atoms with van der Waals surface area (Å²) < 4.78 is 0.993. The molecule has 2 amide bonds. The van der Waals surface area contributed by atoms with Crippen LogP contribution in [-0.2, 0) is 16.1 Å². The highest BCUT2D eigenvalue weighted by Gasteiger charge is 2.17. The highest BCUT2D eigenvalue weighted by molar-refractivity contribution is 5.85. The molecule has 0 atom stereocenters. The first kappa shape index (κ1) is 16.1. The Morgan fingerprint density at radius 1 is 1.17 bits per heavy atom. The van der Waals surface area contributed by atoms with Gasteiger partial charge in [-0.2, -0.15) is 0 Å². The zero-order valence-electron chi connectivity index (χ0n) is 13.2. The van der Waals surface area contributed by atoms with Gasteiger partial charge in [-0.15, -0.1) is 5.10 Å². The fraction of sp³-hybridized carbons (Fsp3) is 0.438. The Bertz CT molecular complexity index is 811. The number of carbonyl (C=O) groups excluding carboxylic acids is 2. The maximum absolute atomic E-state index is 12.2. The van der Waals surface area contributed by atoms with Gasteiger partial charge >= 0.3 is 0 Å². The summed E-state index contributed by atoms with van der Waals surface area (Å²) in [5, 5.41) is 13.4. The van der Waals surface area contributed by atoms with Crippen molar-refractivity contribution >= 4 is 22.7 Å². The van der Waals surface area contributed by atoms with E-state index in [9.17, 15) is 14.4 Å². The van der Waals surface area contributed by atoms with Crippen molar-refractivity contribution in [3.63, 3.8) is 0 Å². The summed E-state index contributed by atoms with van der Waals surface area (Å²) in [6.45, 7) is -0.377. The third-order valence-electron chi connectivity index (χ3n) is 4.09. The first-order chi connectivity index (χ1) is 11.6. The Hall–Kier alpha value is -2.77. The van der Waals surface area contributed by atoms with Crippen LogP contribution in [0.15, 0.2) is 29.1 Å². The second-order valence-corrected chi connectivity index (χ2v) is 5.90. The third-order valence-corrected chi connectivity index (χ3v) is 4.09. The molecule has 3 rings (SSSR count). The summed E-state index contributed by atoms with van der Waals surface area (Å²) in [4.78, 5) is 35.9. The third kappa shape index (κ3) is 3.76. The first-order valence-electron chi connectivity index (χ1n) is 8.02. The SMILES string of the molecule is O=C(Cn1nnc2ccccc2c1=O)NCC(=O)NC1CCCC1. The van der Waals surface area contributed by atoms with Gasteiger partial charge in [-0.1, -0.05) is 30.2 Å². The Morgan fingerprint density at radius 2 is 1.92 bits per heavy atom. The number of nitrogens with one attached hydrogen (secondary N) is 2. The molecule has 2 N–H and O–H groups in total. The number of amides is 2. The Labute approximate surface area is 138 Å². The van der Waals surface area contributed by atoms with Crippen LogP contribution in [0.25, 0.3) is 10.9 Å². The second kappa shape index (κ2) is 7.20. The number of hydrogen-bond acceptors (Lipinski definition) is 5. The molecule has 1 saturated carbocycles. The first-order valence-corrected chi connectivity index (χ1v) is 8.02. The molecule has 0 spiro atoms. The molecular formula is C16H19N5O3. The van der Waals surface area contributed by atoms with E-state index in [2.05, 4.69) is 20.9 Å². The largest absolute Gasteiger partial charge is 0.352 e. The van der Waals surface area contributed by atoms with Crippen LogP contribution in [0.2, 0.25) is 0 Å². The standard InChI is InChI=1S/C16H19N5O3/c22-14(18-11-5-1-2-6-11)9-17-15(23)10-21-16(24)12-7-3-4-8-13(12)19-20-21/h3-4,7-8,11H,1-2,5-6,9-10H2,(H,17,23)(H,18,22). The van der Waals surface area contributed by atoms with Gasteiger partial charge in [0.05, 0.1) is 11.9 Å². The van der Waals surface area contributed by atoms with Crippen molar-refractivity contribution in [3.05, 3.63) is 34.6 Å². The number of nitrogens with zero attached hydrogens (tertiary/aromatic N) is 3. The van der Waals surface area contributed by atoms with Crippen LogP contribution < -0.4 is 16.2 Å². The Balaban J connectivity index is 1.56. The summed E-state index contributed by atoms with van der Waals surface area (Å²) in [7, 11) is 0. The predicted octanol–water partition coefficient (Wildman–Crippen LogP) is -0.0335. The molecule has 0 unspecified atom stereocenters. The van der Waals surface area contributed by atoms with E-state index in [0.29, 0.717) is 10.9 Å². The zero-order valence-corrected chi connectivity index (χ0v) is 13.2. The van der Waals surface area contributed by atoms with Gasteiger partial charge in [0.15, 0.2) is 0 Å². The molecule has 1 aromatic heterocycles. The average molecular weight is 329 g/mol. The van der Waals surface area contributed by atoms with Gasteiger partial charge in [0.2, 0.25) is 11.8 Å². The summed E-state index contributed by atoms with van der Waals surface area (Å²) in [6.07, 6.45) is 4.23. The average Bonchev–Trinajstić information content (AvgIpc) is 3.09. The van der Waals surface area contributed by atoms with Gasteiger partial charge in [0, 0.05) is 6.04 Å². The van der Waals surface area contributed by atoms with Crippen molar-refractivity contribution in [2.45, 2.75) is 38.3 Å². The lowest BCUT2D eigenvalue weighted by molar-refractivity contribution is -0.126. The summed E-state index contributed by atoms with van der Waals surface area (Å²) in [5.74, 6) is -0.671. The molecule has 8 nitrogen and oxygen atoms in total. The van der Waals surface area contributed by atoms with Crippen molar-refractivity contribution < 1.29 is 9.59 Å². The van der Waals surface area contributed by atoms with E-state index in [1.807, 2.05) is 0 Å². The monoisotopic (exact) mass is 329 g/mol. The lowest BCUT2D eigenvalue weighted by Gasteiger charge is -2.12. The van der Waals surface area contributed by atoms with Crippen LogP contribution in [0.5, 0.6) is 0 Å². The molecule has 1 fully saturated rings. The molecule has 0 aliphatic heterocycles. The molecule has 126 valence electrons. The van der Waals surface area contributed by atoms with E-state index in [0.717, 1.165) is 30.4 Å². The maximum Gasteiger partial charge on any atom is 0.278 e. The van der Waals surface area contributed by atoms with E-state index in [-0.39, 0.29) is 30.6 Å². The van der Waals surface area contributed by atoms with Gasteiger partial charge in [-0.25, -0.2) is 4.68 Å². The maximum atomic E-state index is 12.2. The smallest absolute Gasteiger partial charge is 0.278 e. The normalized spacial score (nSPS) is 14.7. The molecule has 0 saturated heterocycles. The fourth-order valence-electron chi connectivity index (χ4n) is 2.85. The molecule has 1 aromatic carbocycles. The number of carbonyl (C=O) groups is 2. The van der Waals surface area contributed by atoms with Crippen molar-refractivity contribution in [1.82, 2.24) is 25.6 Å². The number of benzene rings is 1. The van der Waals surface area contributed by atoms with E-state index in [4.69, 9.17) is 0 Å². The number of rotatable bonds is 5. The van der Waals surface area contributed by atoms with Crippen LogP contribution in [0, 0.1) is 0 Å². The zero-order chi connectivity index (χ0) is 16.9. The van der Waals surface area contributed by atoms with E-state index in [1.165, 1.54) is 0 Å². The van der Waals surface area contributed by atoms with Crippen molar-refractivity contribution in [3.8, 4) is 0 Å². The van der Waals surface area contributed by atoms with Crippen molar-refractivity contribution in [2.75, 3.05) is 6.54 Å². The lowest BCUT2D eigenvalue weighted by Crippen LogP contribution is -2.42. The quantitative estimate of drug-likeness (QED) is 0.801. The van der Waals surface area contributed by atoms with E-state index in [1.54, 1.807) is 24.3 Å². The van der Waals surface area contributed by atoms with Crippen LogP contribution in [0.1, 0.15) is 25.7 Å². The number of hydrogen-bond donors (Lipinski definition) is 2. The second-order valence-electron chi connectivity index (χ2n) is 5.90. The van der Waals surface area contributed by atoms with E-state index < -0.39 is 5.91 Å². The molecule has 1 aliphatic carbocycles. The molecule has 0 bridgehead atoms. The minimum Gasteiger partial charge on any atom is -0.352 e. The van der Waals surface area contributed by atoms with Gasteiger partial charge in [0.1, 0.15) is 12.1 Å². The lowest BCUT2D eigenvalue weighted by atomic mass is 10.2. The number of aromatic nitrogens is 3. The molecule has 24 heavy (non-hydrogen) atoms. The van der Waals surface area contributed by atoms with Crippen LogP contribution >= 0.6 is 0 Å². The molecule has 1 heterocycles. The summed E-state index contributed by atoms with van der Waals surface area (Å²) in [6, 6.07) is 7.01. The van der Waals surface area contributed by atoms with Crippen molar-refractivity contribution in [2.24, 2.45) is 0 Å². The fourth-order valence-corrected chi connectivity index (χ4v) is 2.85. The van der Waals surface area contributed by atoms with Crippen molar-refractivity contribution in [1.29, 1.82) is 0 Å². The topological polar surface area (TPSA) is 106 Å². The molecule has 0 radical (unpaired) electrons. The van der Waals surface area contributed by atoms with Crippen LogP contribution in [0.3, 0.4) is 0 Å². The van der Waals surface area contributed by atoms with Gasteiger partial charge < -0.3 is 10.6 Å². The molecule has 8 heteroatoms. The molecule has 1 aliphatic rings. The summed E-state index contributed by atoms with van der Waals surface area (Å²) >= 11 is 0. The highest BCUT2D eigenvalue weighted by Crippen LogP contribution is 2.17. The van der Waals surface area contributed by atoms with Gasteiger partial charge in [0.25, 0.3) is 5.56 Å². The van der Waals surface area contributed by atoms with Crippen LogP contribution in [0.4, 0.5) is 0 Å². The predicted molar refractivity (Wildman–Crippen MR) is 87.2 cm³/mol. The van der Waals surface area contributed by atoms with E-state index >= 15 is 0 Å². The molecular weight excluding hydrogens is 310 g/mol. The minimum atomic E-state index is -0.455. The minimum absolute atomic E-state index is 0.106. The van der Waals surface area contributed by atoms with Gasteiger partial charge in [-0.3, -0.25) is 14.4 Å². The van der Waals surface area contributed by atoms with Gasteiger partial charge in [-0.05, 0) is 25.0 Å². The Kier molecular flexibility index (Phi) is 4.83. The number of fused-ring (bicyclic) bond motifs is 1.